The molecule has 0 bridgehead atoms. The van der Waals surface area contributed by atoms with Crippen LogP contribution in [-0.4, -0.2) is 11.8 Å². The summed E-state index contributed by atoms with van der Waals surface area (Å²) in [5.74, 6) is -1.42. The van der Waals surface area contributed by atoms with E-state index in [2.05, 4.69) is 10.9 Å². The normalized spacial score (nSPS) is 10.4. The number of hydrogen-bond donors (Lipinski definition) is 2. The Morgan fingerprint density at radius 1 is 1.15 bits per heavy atom. The molecule has 1 aromatic heterocycles. The SMILES string of the molecule is O=C(/C=C/c1cccc(F)c1)NNC(=O)c1ccco1. The molecule has 2 aromatic rings. The van der Waals surface area contributed by atoms with E-state index in [1.54, 1.807) is 12.1 Å². The molecular formula is C14H11FN2O3. The maximum absolute atomic E-state index is 12.9. The molecule has 0 spiro atoms. The van der Waals surface area contributed by atoms with Crippen LogP contribution in [0.4, 0.5) is 4.39 Å². The summed E-state index contributed by atoms with van der Waals surface area (Å²) < 4.78 is 17.7. The average molecular weight is 274 g/mol. The summed E-state index contributed by atoms with van der Waals surface area (Å²) in [6, 6.07) is 8.79. The zero-order valence-corrected chi connectivity index (χ0v) is 10.3. The van der Waals surface area contributed by atoms with E-state index in [0.29, 0.717) is 5.56 Å². The van der Waals surface area contributed by atoms with Gasteiger partial charge in [0.15, 0.2) is 5.76 Å². The van der Waals surface area contributed by atoms with Crippen LogP contribution in [0.15, 0.2) is 53.2 Å². The Morgan fingerprint density at radius 3 is 2.70 bits per heavy atom. The highest BCUT2D eigenvalue weighted by atomic mass is 19.1. The number of rotatable bonds is 3. The number of furan rings is 1. The fourth-order valence-corrected chi connectivity index (χ4v) is 1.41. The Balaban J connectivity index is 1.85. The lowest BCUT2D eigenvalue weighted by atomic mass is 10.2. The third-order valence-electron chi connectivity index (χ3n) is 2.32. The zero-order valence-electron chi connectivity index (χ0n) is 10.3. The zero-order chi connectivity index (χ0) is 14.4. The Morgan fingerprint density at radius 2 is 2.00 bits per heavy atom. The van der Waals surface area contributed by atoms with Crippen molar-refractivity contribution in [2.24, 2.45) is 0 Å². The van der Waals surface area contributed by atoms with Crippen molar-refractivity contribution in [3.63, 3.8) is 0 Å². The van der Waals surface area contributed by atoms with Crippen molar-refractivity contribution in [2.45, 2.75) is 0 Å². The molecule has 2 amide bonds. The van der Waals surface area contributed by atoms with Crippen LogP contribution in [0.3, 0.4) is 0 Å². The fraction of sp³-hybridized carbons (Fsp3) is 0. The van der Waals surface area contributed by atoms with Gasteiger partial charge in [0.05, 0.1) is 6.26 Å². The lowest BCUT2D eigenvalue weighted by Gasteiger charge is -2.02. The third-order valence-corrected chi connectivity index (χ3v) is 2.32. The van der Waals surface area contributed by atoms with Gasteiger partial charge in [-0.25, -0.2) is 4.39 Å². The van der Waals surface area contributed by atoms with Crippen LogP contribution in [0, 0.1) is 5.82 Å². The second-order valence-electron chi connectivity index (χ2n) is 3.81. The van der Waals surface area contributed by atoms with Crippen molar-refractivity contribution in [1.29, 1.82) is 0 Å². The molecule has 0 radical (unpaired) electrons. The molecule has 0 aliphatic rings. The molecule has 102 valence electrons. The van der Waals surface area contributed by atoms with E-state index in [1.807, 2.05) is 0 Å². The molecule has 0 aliphatic heterocycles. The van der Waals surface area contributed by atoms with E-state index in [-0.39, 0.29) is 5.76 Å². The largest absolute Gasteiger partial charge is 0.459 e. The molecule has 6 heteroatoms. The van der Waals surface area contributed by atoms with Crippen molar-refractivity contribution >= 4 is 17.9 Å². The molecule has 0 saturated heterocycles. The van der Waals surface area contributed by atoms with Crippen molar-refractivity contribution < 1.29 is 18.4 Å². The molecular weight excluding hydrogens is 263 g/mol. The quantitative estimate of drug-likeness (QED) is 0.663. The molecule has 2 rings (SSSR count). The van der Waals surface area contributed by atoms with Crippen molar-refractivity contribution in [3.05, 3.63) is 65.9 Å². The summed E-state index contributed by atoms with van der Waals surface area (Å²) in [5.41, 5.74) is 4.89. The van der Waals surface area contributed by atoms with Gasteiger partial charge in [-0.1, -0.05) is 12.1 Å². The predicted octanol–water partition coefficient (Wildman–Crippen LogP) is 1.89. The third kappa shape index (κ3) is 3.81. The molecule has 0 aliphatic carbocycles. The first-order chi connectivity index (χ1) is 9.65. The summed E-state index contributed by atoms with van der Waals surface area (Å²) in [6.45, 7) is 0. The monoisotopic (exact) mass is 274 g/mol. The van der Waals surface area contributed by atoms with Crippen molar-refractivity contribution in [2.75, 3.05) is 0 Å². The van der Waals surface area contributed by atoms with Gasteiger partial charge in [0, 0.05) is 6.08 Å². The van der Waals surface area contributed by atoms with Crippen LogP contribution in [0.2, 0.25) is 0 Å². The van der Waals surface area contributed by atoms with Gasteiger partial charge in [0.25, 0.3) is 5.91 Å². The second-order valence-corrected chi connectivity index (χ2v) is 3.81. The predicted molar refractivity (Wildman–Crippen MR) is 69.8 cm³/mol. The maximum atomic E-state index is 12.9. The Kier molecular flexibility index (Phi) is 4.28. The molecule has 0 fully saturated rings. The van der Waals surface area contributed by atoms with Gasteiger partial charge >= 0.3 is 5.91 Å². The first-order valence-electron chi connectivity index (χ1n) is 5.72. The minimum atomic E-state index is -0.567. The van der Waals surface area contributed by atoms with Gasteiger partial charge < -0.3 is 4.42 Å². The summed E-state index contributed by atoms with van der Waals surface area (Å²) >= 11 is 0. The topological polar surface area (TPSA) is 71.3 Å². The van der Waals surface area contributed by atoms with Crippen LogP contribution in [0.1, 0.15) is 16.1 Å². The summed E-state index contributed by atoms with van der Waals surface area (Å²) in [6.07, 6.45) is 3.95. The maximum Gasteiger partial charge on any atom is 0.305 e. The number of hydrogen-bond acceptors (Lipinski definition) is 3. The van der Waals surface area contributed by atoms with E-state index in [9.17, 15) is 14.0 Å². The minimum absolute atomic E-state index is 0.0828. The molecule has 20 heavy (non-hydrogen) atoms. The van der Waals surface area contributed by atoms with E-state index in [4.69, 9.17) is 4.42 Å². The van der Waals surface area contributed by atoms with Crippen LogP contribution in [0.5, 0.6) is 0 Å². The molecule has 1 heterocycles. The van der Waals surface area contributed by atoms with E-state index in [1.165, 1.54) is 42.7 Å². The number of benzene rings is 1. The molecule has 2 N–H and O–H groups in total. The van der Waals surface area contributed by atoms with Gasteiger partial charge in [-0.15, -0.1) is 0 Å². The van der Waals surface area contributed by atoms with Gasteiger partial charge in [-0.3, -0.25) is 20.4 Å². The Hall–Kier alpha value is -2.89. The number of hydrazine groups is 1. The standard InChI is InChI=1S/C14H11FN2O3/c15-11-4-1-3-10(9-11)6-7-13(18)16-17-14(19)12-5-2-8-20-12/h1-9H,(H,16,18)(H,17,19)/b7-6+. The highest BCUT2D eigenvalue weighted by Gasteiger charge is 2.07. The molecule has 1 aromatic carbocycles. The lowest BCUT2D eigenvalue weighted by Crippen LogP contribution is -2.40. The van der Waals surface area contributed by atoms with Gasteiger partial charge in [0.2, 0.25) is 0 Å². The van der Waals surface area contributed by atoms with Crippen LogP contribution in [0.25, 0.3) is 6.08 Å². The van der Waals surface area contributed by atoms with Gasteiger partial charge in [-0.2, -0.15) is 0 Å². The molecule has 5 nitrogen and oxygen atoms in total. The Labute approximate surface area is 114 Å². The molecule has 0 saturated carbocycles. The van der Waals surface area contributed by atoms with Crippen LogP contribution < -0.4 is 10.9 Å². The van der Waals surface area contributed by atoms with Gasteiger partial charge in [-0.05, 0) is 35.9 Å². The number of nitrogens with one attached hydrogen (secondary N) is 2. The first-order valence-corrected chi connectivity index (χ1v) is 5.72. The van der Waals surface area contributed by atoms with E-state index >= 15 is 0 Å². The lowest BCUT2D eigenvalue weighted by molar-refractivity contribution is -0.117. The highest BCUT2D eigenvalue weighted by Crippen LogP contribution is 2.05. The van der Waals surface area contributed by atoms with Crippen molar-refractivity contribution in [1.82, 2.24) is 10.9 Å². The summed E-state index contributed by atoms with van der Waals surface area (Å²) in [4.78, 5) is 22.9. The van der Waals surface area contributed by atoms with Crippen molar-refractivity contribution in [3.8, 4) is 0 Å². The average Bonchev–Trinajstić information content (AvgIpc) is 2.97. The highest BCUT2D eigenvalue weighted by molar-refractivity contribution is 5.96. The van der Waals surface area contributed by atoms with Crippen LogP contribution >= 0.6 is 0 Å². The number of halogens is 1. The molecule has 0 unspecified atom stereocenters. The summed E-state index contributed by atoms with van der Waals surface area (Å²) in [5, 5.41) is 0. The first kappa shape index (κ1) is 13.5. The second kappa shape index (κ2) is 6.33. The van der Waals surface area contributed by atoms with E-state index in [0.717, 1.165) is 0 Å². The number of carbonyl (C=O) groups excluding carboxylic acids is 2. The smallest absolute Gasteiger partial charge is 0.305 e. The van der Waals surface area contributed by atoms with Crippen LogP contribution in [-0.2, 0) is 4.79 Å². The number of amides is 2. The summed E-state index contributed by atoms with van der Waals surface area (Å²) in [7, 11) is 0. The van der Waals surface area contributed by atoms with E-state index < -0.39 is 17.6 Å². The fourth-order valence-electron chi connectivity index (χ4n) is 1.41. The Bertz CT molecular complexity index is 636. The number of carbonyl (C=O) groups is 2. The minimum Gasteiger partial charge on any atom is -0.459 e. The van der Waals surface area contributed by atoms with Gasteiger partial charge in [0.1, 0.15) is 5.82 Å². The molecule has 0 atom stereocenters.